The molecule has 3 atom stereocenters. The summed E-state index contributed by atoms with van der Waals surface area (Å²) in [5.41, 5.74) is 1.50. The lowest BCUT2D eigenvalue weighted by molar-refractivity contribution is -0.145. The first-order valence-corrected chi connectivity index (χ1v) is 11.2. The van der Waals surface area contributed by atoms with Gasteiger partial charge in [0.15, 0.2) is 6.04 Å². The van der Waals surface area contributed by atoms with Gasteiger partial charge in [-0.2, -0.15) is 0 Å². The van der Waals surface area contributed by atoms with Crippen LogP contribution in [-0.2, 0) is 32.1 Å². The van der Waals surface area contributed by atoms with Gasteiger partial charge in [0.05, 0.1) is 12.5 Å². The van der Waals surface area contributed by atoms with Crippen molar-refractivity contribution in [3.8, 4) is 5.75 Å². The van der Waals surface area contributed by atoms with E-state index in [2.05, 4.69) is 5.32 Å². The second-order valence-electron chi connectivity index (χ2n) is 8.25. The molecule has 1 fully saturated rings. The SMILES string of the molecule is C[C@@H](O)[C@H](NC(=O)[C@@H]1CCCN1C(=O)OCc1ccc(OC(=O)Cc2ccccc2)cc1)C(=O)O. The standard InChI is InChI=1S/C25H28N2O8/c1-16(28)22(24(31)32)26-23(30)20-8-5-13-27(20)25(33)34-15-18-9-11-19(12-10-18)35-21(29)14-17-6-3-2-4-7-17/h2-4,6-7,9-12,16,20,22,28H,5,8,13-15H2,1H3,(H,26,30)(H,31,32)/t16-,20+,22+/m1/s1. The monoisotopic (exact) mass is 484 g/mol. The van der Waals surface area contributed by atoms with E-state index in [1.807, 2.05) is 30.3 Å². The topological polar surface area (TPSA) is 142 Å². The summed E-state index contributed by atoms with van der Waals surface area (Å²) in [6.07, 6.45) is -0.933. The zero-order valence-electron chi connectivity index (χ0n) is 19.3. The summed E-state index contributed by atoms with van der Waals surface area (Å²) in [6, 6.07) is 13.4. The van der Waals surface area contributed by atoms with E-state index in [9.17, 15) is 24.3 Å². The Hall–Kier alpha value is -3.92. The van der Waals surface area contributed by atoms with Crippen molar-refractivity contribution in [1.82, 2.24) is 10.2 Å². The fourth-order valence-electron chi connectivity index (χ4n) is 3.71. The Kier molecular flexibility index (Phi) is 8.80. The third-order valence-corrected chi connectivity index (χ3v) is 5.54. The van der Waals surface area contributed by atoms with Crippen molar-refractivity contribution in [2.75, 3.05) is 6.54 Å². The van der Waals surface area contributed by atoms with Gasteiger partial charge in [-0.15, -0.1) is 0 Å². The van der Waals surface area contributed by atoms with Crippen LogP contribution in [0.5, 0.6) is 5.75 Å². The number of likely N-dealkylation sites (tertiary alicyclic amines) is 1. The molecule has 2 amide bonds. The van der Waals surface area contributed by atoms with E-state index < -0.39 is 42.1 Å². The number of rotatable bonds is 9. The number of carbonyl (C=O) groups excluding carboxylic acids is 3. The number of hydrogen-bond donors (Lipinski definition) is 3. The van der Waals surface area contributed by atoms with Gasteiger partial charge in [-0.05, 0) is 43.0 Å². The second kappa shape index (κ2) is 12.0. The van der Waals surface area contributed by atoms with Crippen molar-refractivity contribution in [2.45, 2.75) is 51.0 Å². The Labute approximate surface area is 202 Å². The molecule has 186 valence electrons. The van der Waals surface area contributed by atoms with Crippen LogP contribution >= 0.6 is 0 Å². The Balaban J connectivity index is 1.49. The zero-order chi connectivity index (χ0) is 25.4. The molecule has 0 aliphatic carbocycles. The highest BCUT2D eigenvalue weighted by Crippen LogP contribution is 2.20. The molecular weight excluding hydrogens is 456 g/mol. The molecule has 35 heavy (non-hydrogen) atoms. The summed E-state index contributed by atoms with van der Waals surface area (Å²) in [5.74, 6) is -2.05. The van der Waals surface area contributed by atoms with E-state index in [1.54, 1.807) is 24.3 Å². The number of hydrogen-bond acceptors (Lipinski definition) is 7. The molecule has 0 unspecified atom stereocenters. The van der Waals surface area contributed by atoms with E-state index in [0.717, 1.165) is 5.56 Å². The van der Waals surface area contributed by atoms with Gasteiger partial charge in [-0.25, -0.2) is 9.59 Å². The fraction of sp³-hybridized carbons (Fsp3) is 0.360. The molecule has 1 aliphatic heterocycles. The van der Waals surface area contributed by atoms with Gasteiger partial charge in [0.2, 0.25) is 5.91 Å². The number of benzene rings is 2. The summed E-state index contributed by atoms with van der Waals surface area (Å²) < 4.78 is 10.7. The minimum absolute atomic E-state index is 0.0622. The average molecular weight is 485 g/mol. The smallest absolute Gasteiger partial charge is 0.410 e. The van der Waals surface area contributed by atoms with E-state index in [-0.39, 0.29) is 13.0 Å². The molecule has 10 heteroatoms. The summed E-state index contributed by atoms with van der Waals surface area (Å²) in [5, 5.41) is 21.0. The van der Waals surface area contributed by atoms with Gasteiger partial charge < -0.3 is 25.0 Å². The predicted molar refractivity (Wildman–Crippen MR) is 123 cm³/mol. The lowest BCUT2D eigenvalue weighted by atomic mass is 10.1. The second-order valence-corrected chi connectivity index (χ2v) is 8.25. The van der Waals surface area contributed by atoms with Gasteiger partial charge >= 0.3 is 18.0 Å². The van der Waals surface area contributed by atoms with Gasteiger partial charge in [0, 0.05) is 6.54 Å². The van der Waals surface area contributed by atoms with Gasteiger partial charge in [-0.3, -0.25) is 14.5 Å². The molecule has 0 radical (unpaired) electrons. The number of aliphatic hydroxyl groups excluding tert-OH is 1. The number of carboxylic acid groups (broad SMARTS) is 1. The summed E-state index contributed by atoms with van der Waals surface area (Å²) >= 11 is 0. The van der Waals surface area contributed by atoms with Crippen molar-refractivity contribution >= 4 is 23.9 Å². The quantitative estimate of drug-likeness (QED) is 0.362. The first-order chi connectivity index (χ1) is 16.7. The number of ether oxygens (including phenoxy) is 2. The van der Waals surface area contributed by atoms with Crippen molar-refractivity contribution < 1.29 is 38.9 Å². The van der Waals surface area contributed by atoms with Crippen LogP contribution in [0.25, 0.3) is 0 Å². The summed E-state index contributed by atoms with van der Waals surface area (Å²) in [4.78, 5) is 49.6. The van der Waals surface area contributed by atoms with Crippen LogP contribution in [0, 0.1) is 0 Å². The molecule has 3 rings (SSSR count). The first-order valence-electron chi connectivity index (χ1n) is 11.2. The van der Waals surface area contributed by atoms with Crippen LogP contribution in [0.1, 0.15) is 30.9 Å². The molecule has 0 saturated carbocycles. The highest BCUT2D eigenvalue weighted by Gasteiger charge is 2.37. The molecule has 2 aromatic carbocycles. The lowest BCUT2D eigenvalue weighted by Crippen LogP contribution is -2.54. The number of carbonyl (C=O) groups is 4. The number of carboxylic acids is 1. The van der Waals surface area contributed by atoms with Crippen LogP contribution in [0.15, 0.2) is 54.6 Å². The van der Waals surface area contributed by atoms with Crippen molar-refractivity contribution in [1.29, 1.82) is 0 Å². The average Bonchev–Trinajstić information content (AvgIpc) is 3.32. The van der Waals surface area contributed by atoms with Crippen molar-refractivity contribution in [3.05, 3.63) is 65.7 Å². The van der Waals surface area contributed by atoms with Crippen LogP contribution in [0.4, 0.5) is 4.79 Å². The highest BCUT2D eigenvalue weighted by molar-refractivity contribution is 5.89. The molecule has 1 saturated heterocycles. The van der Waals surface area contributed by atoms with E-state index in [4.69, 9.17) is 14.6 Å². The lowest BCUT2D eigenvalue weighted by Gasteiger charge is -2.25. The molecule has 1 heterocycles. The van der Waals surface area contributed by atoms with Crippen LogP contribution in [0.3, 0.4) is 0 Å². The van der Waals surface area contributed by atoms with Gasteiger partial charge in [0.25, 0.3) is 0 Å². The Bertz CT molecular complexity index is 1040. The summed E-state index contributed by atoms with van der Waals surface area (Å²) in [6.45, 7) is 1.49. The minimum atomic E-state index is -1.47. The largest absolute Gasteiger partial charge is 0.480 e. The number of aliphatic carboxylic acids is 1. The number of nitrogens with one attached hydrogen (secondary N) is 1. The predicted octanol–water partition coefficient (Wildman–Crippen LogP) is 1.89. The number of nitrogens with zero attached hydrogens (tertiary/aromatic N) is 1. The fourth-order valence-corrected chi connectivity index (χ4v) is 3.71. The molecule has 0 aromatic heterocycles. The number of aliphatic hydroxyl groups is 1. The van der Waals surface area contributed by atoms with Crippen LogP contribution in [-0.4, -0.2) is 63.8 Å². The maximum absolute atomic E-state index is 12.6. The van der Waals surface area contributed by atoms with Gasteiger partial charge in [0.1, 0.15) is 18.4 Å². The molecule has 1 aliphatic rings. The maximum Gasteiger partial charge on any atom is 0.410 e. The maximum atomic E-state index is 12.6. The van der Waals surface area contributed by atoms with Gasteiger partial charge in [-0.1, -0.05) is 42.5 Å². The Morgan fingerprint density at radius 1 is 1.06 bits per heavy atom. The molecule has 2 aromatic rings. The number of esters is 1. The molecule has 0 spiro atoms. The van der Waals surface area contributed by atoms with Crippen molar-refractivity contribution in [2.24, 2.45) is 0 Å². The zero-order valence-corrected chi connectivity index (χ0v) is 19.3. The normalized spacial score (nSPS) is 16.7. The Morgan fingerprint density at radius 3 is 2.37 bits per heavy atom. The molecule has 0 bridgehead atoms. The minimum Gasteiger partial charge on any atom is -0.480 e. The molecule has 10 nitrogen and oxygen atoms in total. The van der Waals surface area contributed by atoms with E-state index >= 15 is 0 Å². The number of amides is 2. The van der Waals surface area contributed by atoms with Crippen LogP contribution < -0.4 is 10.1 Å². The highest BCUT2D eigenvalue weighted by atomic mass is 16.6. The third kappa shape index (κ3) is 7.28. The van der Waals surface area contributed by atoms with Crippen LogP contribution in [0.2, 0.25) is 0 Å². The third-order valence-electron chi connectivity index (χ3n) is 5.54. The van der Waals surface area contributed by atoms with E-state index in [0.29, 0.717) is 30.7 Å². The molecule has 3 N–H and O–H groups in total. The van der Waals surface area contributed by atoms with E-state index in [1.165, 1.54) is 11.8 Å². The first kappa shape index (κ1) is 25.7. The Morgan fingerprint density at radius 2 is 1.74 bits per heavy atom. The van der Waals surface area contributed by atoms with Crippen molar-refractivity contribution in [3.63, 3.8) is 0 Å². The summed E-state index contributed by atoms with van der Waals surface area (Å²) in [7, 11) is 0. The molecular formula is C25H28N2O8.